The Bertz CT molecular complexity index is 461. The lowest BCUT2D eigenvalue weighted by Gasteiger charge is -2.32. The normalized spacial score (nSPS) is 19.1. The summed E-state index contributed by atoms with van der Waals surface area (Å²) in [6.45, 7) is 6.60. The Morgan fingerprint density at radius 3 is 3.05 bits per heavy atom. The van der Waals surface area contributed by atoms with E-state index >= 15 is 0 Å². The zero-order chi connectivity index (χ0) is 14.5. The summed E-state index contributed by atoms with van der Waals surface area (Å²) in [5.74, 6) is -0.304. The van der Waals surface area contributed by atoms with Gasteiger partial charge in [0.1, 0.15) is 4.88 Å². The lowest BCUT2D eigenvalue weighted by atomic mass is 10.1. The van der Waals surface area contributed by atoms with Crippen LogP contribution in [0.2, 0.25) is 0 Å². The van der Waals surface area contributed by atoms with E-state index in [1.165, 1.54) is 18.4 Å². The Kier molecular flexibility index (Phi) is 5.37. The SMILES string of the molecule is CCCOC1CCCN(c2nc(C)c(C(=O)OC)s2)C1. The zero-order valence-electron chi connectivity index (χ0n) is 12.3. The number of ether oxygens (including phenoxy) is 2. The molecule has 0 aliphatic carbocycles. The van der Waals surface area contributed by atoms with Gasteiger partial charge in [-0.05, 0) is 26.2 Å². The van der Waals surface area contributed by atoms with Crippen molar-refractivity contribution in [1.29, 1.82) is 0 Å². The summed E-state index contributed by atoms with van der Waals surface area (Å²) in [6, 6.07) is 0. The summed E-state index contributed by atoms with van der Waals surface area (Å²) >= 11 is 1.41. The Labute approximate surface area is 123 Å². The molecule has 20 heavy (non-hydrogen) atoms. The molecule has 2 rings (SSSR count). The monoisotopic (exact) mass is 298 g/mol. The van der Waals surface area contributed by atoms with E-state index in [1.807, 2.05) is 6.92 Å². The number of piperidine rings is 1. The van der Waals surface area contributed by atoms with Crippen LogP contribution in [0.1, 0.15) is 41.6 Å². The second-order valence-electron chi connectivity index (χ2n) is 4.98. The Morgan fingerprint density at radius 2 is 2.35 bits per heavy atom. The standard InChI is InChI=1S/C14H22N2O3S/c1-4-8-19-11-6-5-7-16(9-11)14-15-10(2)12(20-14)13(17)18-3/h11H,4-9H2,1-3H3. The Balaban J connectivity index is 2.05. The fourth-order valence-corrected chi connectivity index (χ4v) is 3.35. The van der Waals surface area contributed by atoms with Crippen molar-refractivity contribution in [2.75, 3.05) is 31.7 Å². The van der Waals surface area contributed by atoms with Gasteiger partial charge in [-0.25, -0.2) is 9.78 Å². The zero-order valence-corrected chi connectivity index (χ0v) is 13.2. The minimum atomic E-state index is -0.304. The van der Waals surface area contributed by atoms with Crippen LogP contribution >= 0.6 is 11.3 Å². The van der Waals surface area contributed by atoms with Crippen molar-refractivity contribution in [2.45, 2.75) is 39.2 Å². The molecule has 0 spiro atoms. The van der Waals surface area contributed by atoms with Crippen molar-refractivity contribution in [3.05, 3.63) is 10.6 Å². The number of aromatic nitrogens is 1. The minimum absolute atomic E-state index is 0.273. The highest BCUT2D eigenvalue weighted by Crippen LogP contribution is 2.29. The van der Waals surface area contributed by atoms with Crippen LogP contribution in [0.3, 0.4) is 0 Å². The quantitative estimate of drug-likeness (QED) is 0.782. The number of anilines is 1. The van der Waals surface area contributed by atoms with Gasteiger partial charge in [0.15, 0.2) is 5.13 Å². The van der Waals surface area contributed by atoms with Crippen LogP contribution in [0.5, 0.6) is 0 Å². The summed E-state index contributed by atoms with van der Waals surface area (Å²) in [5.41, 5.74) is 0.744. The van der Waals surface area contributed by atoms with E-state index in [9.17, 15) is 4.79 Å². The Morgan fingerprint density at radius 1 is 1.55 bits per heavy atom. The van der Waals surface area contributed by atoms with E-state index in [1.54, 1.807) is 0 Å². The van der Waals surface area contributed by atoms with Gasteiger partial charge >= 0.3 is 5.97 Å². The fraction of sp³-hybridized carbons (Fsp3) is 0.714. The maximum absolute atomic E-state index is 11.6. The highest BCUT2D eigenvalue weighted by atomic mass is 32.1. The van der Waals surface area contributed by atoms with Crippen molar-refractivity contribution in [2.24, 2.45) is 0 Å². The van der Waals surface area contributed by atoms with Crippen LogP contribution in [0, 0.1) is 6.92 Å². The van der Waals surface area contributed by atoms with Gasteiger partial charge in [-0.2, -0.15) is 0 Å². The molecule has 0 radical (unpaired) electrons. The van der Waals surface area contributed by atoms with Crippen molar-refractivity contribution >= 4 is 22.4 Å². The van der Waals surface area contributed by atoms with Crippen LogP contribution < -0.4 is 4.90 Å². The number of carbonyl (C=O) groups excluding carboxylic acids is 1. The molecule has 112 valence electrons. The first kappa shape index (κ1) is 15.3. The van der Waals surface area contributed by atoms with Crippen LogP contribution in [0.15, 0.2) is 0 Å². The van der Waals surface area contributed by atoms with Crippen LogP contribution in [0.4, 0.5) is 5.13 Å². The first-order chi connectivity index (χ1) is 9.65. The van der Waals surface area contributed by atoms with Gasteiger partial charge in [0.2, 0.25) is 0 Å². The molecule has 1 unspecified atom stereocenters. The van der Waals surface area contributed by atoms with Crippen LogP contribution in [-0.4, -0.2) is 43.9 Å². The minimum Gasteiger partial charge on any atom is -0.465 e. The smallest absolute Gasteiger partial charge is 0.350 e. The van der Waals surface area contributed by atoms with E-state index < -0.39 is 0 Å². The molecule has 0 N–H and O–H groups in total. The number of hydrogen-bond donors (Lipinski definition) is 0. The Hall–Kier alpha value is -1.14. The second kappa shape index (κ2) is 7.04. The predicted molar refractivity (Wildman–Crippen MR) is 79.7 cm³/mol. The molecule has 1 fully saturated rings. The third-order valence-electron chi connectivity index (χ3n) is 3.36. The van der Waals surface area contributed by atoms with E-state index in [2.05, 4.69) is 16.8 Å². The van der Waals surface area contributed by atoms with Gasteiger partial charge < -0.3 is 14.4 Å². The first-order valence-electron chi connectivity index (χ1n) is 7.08. The number of thiazole rings is 1. The van der Waals surface area contributed by atoms with Crippen LogP contribution in [-0.2, 0) is 9.47 Å². The molecule has 2 heterocycles. The van der Waals surface area contributed by atoms with E-state index in [4.69, 9.17) is 9.47 Å². The van der Waals surface area contributed by atoms with Gasteiger partial charge in [0, 0.05) is 19.7 Å². The summed E-state index contributed by atoms with van der Waals surface area (Å²) in [7, 11) is 1.40. The van der Waals surface area contributed by atoms with Crippen LogP contribution in [0.25, 0.3) is 0 Å². The number of hydrogen-bond acceptors (Lipinski definition) is 6. The number of rotatable bonds is 5. The number of esters is 1. The lowest BCUT2D eigenvalue weighted by Crippen LogP contribution is -2.39. The molecule has 6 heteroatoms. The molecule has 0 amide bonds. The average Bonchev–Trinajstić information content (AvgIpc) is 2.86. The van der Waals surface area contributed by atoms with Crippen molar-refractivity contribution < 1.29 is 14.3 Å². The van der Waals surface area contributed by atoms with Gasteiger partial charge in [0.05, 0.1) is 18.9 Å². The first-order valence-corrected chi connectivity index (χ1v) is 7.89. The molecule has 1 aromatic rings. The van der Waals surface area contributed by atoms with Gasteiger partial charge in [-0.1, -0.05) is 18.3 Å². The maximum Gasteiger partial charge on any atom is 0.350 e. The average molecular weight is 298 g/mol. The molecule has 0 saturated carbocycles. The second-order valence-corrected chi connectivity index (χ2v) is 5.96. The molecule has 1 aliphatic rings. The summed E-state index contributed by atoms with van der Waals surface area (Å²) in [6.07, 6.45) is 3.51. The van der Waals surface area contributed by atoms with Crippen molar-refractivity contribution in [3.8, 4) is 0 Å². The van der Waals surface area contributed by atoms with Crippen molar-refractivity contribution in [1.82, 2.24) is 4.98 Å². The van der Waals surface area contributed by atoms with E-state index in [0.29, 0.717) is 4.88 Å². The summed E-state index contributed by atoms with van der Waals surface area (Å²) < 4.78 is 10.6. The lowest BCUT2D eigenvalue weighted by molar-refractivity contribution is 0.0440. The summed E-state index contributed by atoms with van der Waals surface area (Å²) in [5, 5.41) is 0.896. The molecular weight excluding hydrogens is 276 g/mol. The van der Waals surface area contributed by atoms with E-state index in [0.717, 1.165) is 49.8 Å². The number of aryl methyl sites for hydroxylation is 1. The molecule has 1 aromatic heterocycles. The molecule has 0 aromatic carbocycles. The molecule has 1 saturated heterocycles. The third kappa shape index (κ3) is 3.49. The number of carbonyl (C=O) groups is 1. The van der Waals surface area contributed by atoms with E-state index in [-0.39, 0.29) is 12.1 Å². The van der Waals surface area contributed by atoms with Crippen molar-refractivity contribution in [3.63, 3.8) is 0 Å². The summed E-state index contributed by atoms with van der Waals surface area (Å²) in [4.78, 5) is 19.0. The number of methoxy groups -OCH3 is 1. The number of nitrogens with zero attached hydrogens (tertiary/aromatic N) is 2. The molecular formula is C14H22N2O3S. The fourth-order valence-electron chi connectivity index (χ4n) is 2.33. The molecule has 5 nitrogen and oxygen atoms in total. The largest absolute Gasteiger partial charge is 0.465 e. The highest BCUT2D eigenvalue weighted by Gasteiger charge is 2.25. The molecule has 1 aliphatic heterocycles. The molecule has 0 bridgehead atoms. The highest BCUT2D eigenvalue weighted by molar-refractivity contribution is 7.17. The predicted octanol–water partition coefficient (Wildman–Crippen LogP) is 2.63. The topological polar surface area (TPSA) is 51.7 Å². The van der Waals surface area contributed by atoms with Gasteiger partial charge in [-0.15, -0.1) is 0 Å². The maximum atomic E-state index is 11.6. The van der Waals surface area contributed by atoms with Gasteiger partial charge in [-0.3, -0.25) is 0 Å². The third-order valence-corrected chi connectivity index (χ3v) is 4.56. The van der Waals surface area contributed by atoms with Gasteiger partial charge in [0.25, 0.3) is 0 Å². The molecule has 1 atom stereocenters.